The average molecular weight is 401 g/mol. The van der Waals surface area contributed by atoms with Crippen LogP contribution in [0.5, 0.6) is 11.5 Å². The first-order valence-electron chi connectivity index (χ1n) is 9.07. The van der Waals surface area contributed by atoms with E-state index in [9.17, 15) is 13.6 Å². The summed E-state index contributed by atoms with van der Waals surface area (Å²) in [7, 11) is 1.36. The lowest BCUT2D eigenvalue weighted by Crippen LogP contribution is -2.22. The SMILES string of the molecule is COc1cc(/C=C/C(=O)NCCCc2nc3ccccc3[nH]2)ccc1OC(F)F. The largest absolute Gasteiger partial charge is 0.493 e. The first-order chi connectivity index (χ1) is 14.0. The Bertz CT molecular complexity index is 969. The molecule has 0 aliphatic carbocycles. The molecule has 6 nitrogen and oxygen atoms in total. The summed E-state index contributed by atoms with van der Waals surface area (Å²) in [6.45, 7) is -2.43. The minimum absolute atomic E-state index is 0.0605. The number of H-pyrrole nitrogens is 1. The quantitative estimate of drug-likeness (QED) is 0.421. The average Bonchev–Trinajstić information content (AvgIpc) is 3.13. The Hall–Kier alpha value is -3.42. The molecule has 152 valence electrons. The molecule has 1 aromatic heterocycles. The molecule has 0 spiro atoms. The predicted molar refractivity (Wildman–Crippen MR) is 106 cm³/mol. The minimum atomic E-state index is -2.93. The van der Waals surface area contributed by atoms with Crippen LogP contribution in [0.15, 0.2) is 48.5 Å². The van der Waals surface area contributed by atoms with E-state index < -0.39 is 6.61 Å². The van der Waals surface area contributed by atoms with Crippen LogP contribution < -0.4 is 14.8 Å². The van der Waals surface area contributed by atoms with Crippen LogP contribution in [0.4, 0.5) is 8.78 Å². The summed E-state index contributed by atoms with van der Waals surface area (Å²) < 4.78 is 34.1. The standard InChI is InChI=1S/C21H21F2N3O3/c1-28-18-13-14(8-10-17(18)29-21(22)23)9-11-20(27)24-12-4-7-19-25-15-5-2-3-6-16(15)26-19/h2-3,5-6,8-11,13,21H,4,7,12H2,1H3,(H,24,27)(H,25,26)/b11-9+. The number of amides is 1. The Morgan fingerprint density at radius 3 is 2.83 bits per heavy atom. The van der Waals surface area contributed by atoms with Crippen LogP contribution in [-0.4, -0.2) is 36.1 Å². The highest BCUT2D eigenvalue weighted by Crippen LogP contribution is 2.29. The van der Waals surface area contributed by atoms with Gasteiger partial charge in [-0.2, -0.15) is 8.78 Å². The number of methoxy groups -OCH3 is 1. The fourth-order valence-electron chi connectivity index (χ4n) is 2.80. The van der Waals surface area contributed by atoms with Crippen molar-refractivity contribution < 1.29 is 23.0 Å². The highest BCUT2D eigenvalue weighted by molar-refractivity contribution is 5.91. The molecule has 0 saturated heterocycles. The van der Waals surface area contributed by atoms with E-state index in [1.165, 1.54) is 25.3 Å². The van der Waals surface area contributed by atoms with Crippen molar-refractivity contribution in [2.75, 3.05) is 13.7 Å². The molecular weight excluding hydrogens is 380 g/mol. The van der Waals surface area contributed by atoms with E-state index in [0.717, 1.165) is 29.7 Å². The molecule has 0 unspecified atom stereocenters. The molecule has 8 heteroatoms. The molecule has 29 heavy (non-hydrogen) atoms. The van der Waals surface area contributed by atoms with Crippen molar-refractivity contribution in [3.8, 4) is 11.5 Å². The van der Waals surface area contributed by atoms with Gasteiger partial charge in [-0.05, 0) is 42.3 Å². The molecule has 1 heterocycles. The van der Waals surface area contributed by atoms with Crippen molar-refractivity contribution in [2.24, 2.45) is 0 Å². The fraction of sp³-hybridized carbons (Fsp3) is 0.238. The number of carbonyl (C=O) groups is 1. The van der Waals surface area contributed by atoms with Crippen molar-refractivity contribution in [3.63, 3.8) is 0 Å². The Kier molecular flexibility index (Phi) is 6.78. The molecule has 2 N–H and O–H groups in total. The Balaban J connectivity index is 1.46. The van der Waals surface area contributed by atoms with Crippen LogP contribution in [0.3, 0.4) is 0 Å². The molecule has 3 aromatic rings. The number of fused-ring (bicyclic) bond motifs is 1. The van der Waals surface area contributed by atoms with Gasteiger partial charge in [0, 0.05) is 19.0 Å². The number of nitrogens with one attached hydrogen (secondary N) is 2. The summed E-state index contributed by atoms with van der Waals surface area (Å²) >= 11 is 0. The van der Waals surface area contributed by atoms with Crippen LogP contribution in [0.25, 0.3) is 17.1 Å². The molecule has 0 fully saturated rings. The van der Waals surface area contributed by atoms with Gasteiger partial charge in [-0.3, -0.25) is 4.79 Å². The van der Waals surface area contributed by atoms with E-state index in [-0.39, 0.29) is 17.4 Å². The van der Waals surface area contributed by atoms with Gasteiger partial charge in [-0.25, -0.2) is 4.98 Å². The van der Waals surface area contributed by atoms with Crippen LogP contribution in [0, 0.1) is 0 Å². The van der Waals surface area contributed by atoms with Gasteiger partial charge in [-0.15, -0.1) is 0 Å². The number of imidazole rings is 1. The summed E-state index contributed by atoms with van der Waals surface area (Å²) in [5.74, 6) is 0.740. The van der Waals surface area contributed by atoms with Gasteiger partial charge in [-0.1, -0.05) is 18.2 Å². The van der Waals surface area contributed by atoms with Crippen molar-refractivity contribution >= 4 is 23.0 Å². The van der Waals surface area contributed by atoms with Crippen LogP contribution in [0.1, 0.15) is 17.8 Å². The fourth-order valence-corrected chi connectivity index (χ4v) is 2.80. The minimum Gasteiger partial charge on any atom is -0.493 e. The van der Waals surface area contributed by atoms with Crippen LogP contribution in [-0.2, 0) is 11.2 Å². The number of hydrogen-bond donors (Lipinski definition) is 2. The van der Waals surface area contributed by atoms with Gasteiger partial charge >= 0.3 is 6.61 Å². The second kappa shape index (κ2) is 9.68. The number of aromatic nitrogens is 2. The Labute approximate surface area is 166 Å². The zero-order valence-electron chi connectivity index (χ0n) is 15.8. The normalized spacial score (nSPS) is 11.3. The van der Waals surface area contributed by atoms with E-state index in [0.29, 0.717) is 12.1 Å². The van der Waals surface area contributed by atoms with Crippen molar-refractivity contribution in [1.29, 1.82) is 0 Å². The maximum atomic E-state index is 12.4. The molecule has 0 aliphatic heterocycles. The number of para-hydroxylation sites is 2. The van der Waals surface area contributed by atoms with E-state index in [1.807, 2.05) is 24.3 Å². The zero-order valence-corrected chi connectivity index (χ0v) is 15.8. The highest BCUT2D eigenvalue weighted by atomic mass is 19.3. The molecule has 3 rings (SSSR count). The van der Waals surface area contributed by atoms with Crippen LogP contribution in [0.2, 0.25) is 0 Å². The summed E-state index contributed by atoms with van der Waals surface area (Å²) in [5, 5.41) is 2.80. The maximum absolute atomic E-state index is 12.4. The molecule has 0 atom stereocenters. The lowest BCUT2D eigenvalue weighted by Gasteiger charge is -2.10. The number of carbonyl (C=O) groups excluding carboxylic acids is 1. The number of halogens is 2. The Morgan fingerprint density at radius 2 is 2.07 bits per heavy atom. The van der Waals surface area contributed by atoms with E-state index in [1.54, 1.807) is 12.1 Å². The highest BCUT2D eigenvalue weighted by Gasteiger charge is 2.10. The maximum Gasteiger partial charge on any atom is 0.387 e. The lowest BCUT2D eigenvalue weighted by atomic mass is 10.2. The molecule has 2 aromatic carbocycles. The van der Waals surface area contributed by atoms with Gasteiger partial charge in [0.1, 0.15) is 5.82 Å². The zero-order chi connectivity index (χ0) is 20.6. The number of benzene rings is 2. The van der Waals surface area contributed by atoms with E-state index in [2.05, 4.69) is 20.0 Å². The first kappa shape index (κ1) is 20.3. The van der Waals surface area contributed by atoms with Crippen molar-refractivity contribution in [1.82, 2.24) is 15.3 Å². The number of nitrogens with zero attached hydrogens (tertiary/aromatic N) is 1. The third kappa shape index (κ3) is 5.78. The second-order valence-corrected chi connectivity index (χ2v) is 6.22. The Morgan fingerprint density at radius 1 is 1.24 bits per heavy atom. The molecule has 0 aliphatic rings. The molecule has 0 saturated carbocycles. The first-order valence-corrected chi connectivity index (χ1v) is 9.07. The molecular formula is C21H21F2N3O3. The van der Waals surface area contributed by atoms with Crippen molar-refractivity contribution in [3.05, 3.63) is 59.9 Å². The third-order valence-corrected chi connectivity index (χ3v) is 4.16. The number of hydrogen-bond acceptors (Lipinski definition) is 4. The number of alkyl halides is 2. The topological polar surface area (TPSA) is 76.2 Å². The van der Waals surface area contributed by atoms with E-state index in [4.69, 9.17) is 4.74 Å². The van der Waals surface area contributed by atoms with Crippen molar-refractivity contribution in [2.45, 2.75) is 19.5 Å². The summed E-state index contributed by atoms with van der Waals surface area (Å²) in [4.78, 5) is 19.7. The summed E-state index contributed by atoms with van der Waals surface area (Å²) in [6.07, 6.45) is 4.42. The van der Waals surface area contributed by atoms with Gasteiger partial charge in [0.05, 0.1) is 18.1 Å². The summed E-state index contributed by atoms with van der Waals surface area (Å²) in [5.41, 5.74) is 2.55. The van der Waals surface area contributed by atoms with Crippen LogP contribution >= 0.6 is 0 Å². The number of rotatable bonds is 9. The van der Waals surface area contributed by atoms with E-state index >= 15 is 0 Å². The molecule has 0 bridgehead atoms. The van der Waals surface area contributed by atoms with Gasteiger partial charge in [0.15, 0.2) is 11.5 Å². The molecule has 0 radical (unpaired) electrons. The second-order valence-electron chi connectivity index (χ2n) is 6.22. The lowest BCUT2D eigenvalue weighted by molar-refractivity contribution is -0.116. The van der Waals surface area contributed by atoms with Gasteiger partial charge in [0.2, 0.25) is 5.91 Å². The number of aromatic amines is 1. The molecule has 1 amide bonds. The van der Waals surface area contributed by atoms with Gasteiger partial charge < -0.3 is 19.8 Å². The summed E-state index contributed by atoms with van der Waals surface area (Å²) in [6, 6.07) is 12.3. The van der Waals surface area contributed by atoms with Gasteiger partial charge in [0.25, 0.3) is 0 Å². The number of ether oxygens (including phenoxy) is 2. The smallest absolute Gasteiger partial charge is 0.387 e. The monoisotopic (exact) mass is 401 g/mol. The number of aryl methyl sites for hydroxylation is 1. The third-order valence-electron chi connectivity index (χ3n) is 4.16. The predicted octanol–water partition coefficient (Wildman–Crippen LogP) is 3.94.